The molecule has 1 aliphatic carbocycles. The molecule has 1 unspecified atom stereocenters. The summed E-state index contributed by atoms with van der Waals surface area (Å²) in [6.45, 7) is 8.90. The molecular weight excluding hydrogens is 480 g/mol. The number of hydrogen-bond acceptors (Lipinski definition) is 8. The molecule has 35 heavy (non-hydrogen) atoms. The van der Waals surface area contributed by atoms with Crippen LogP contribution >= 0.6 is 22.9 Å². The Morgan fingerprint density at radius 2 is 2.14 bits per heavy atom. The molecule has 1 aromatic carbocycles. The minimum atomic E-state index is -1.44. The summed E-state index contributed by atoms with van der Waals surface area (Å²) < 4.78 is 11.4. The summed E-state index contributed by atoms with van der Waals surface area (Å²) in [5, 5.41) is 26.3. The van der Waals surface area contributed by atoms with Crippen LogP contribution in [0, 0.1) is 23.7 Å². The molecule has 0 aliphatic heterocycles. The summed E-state index contributed by atoms with van der Waals surface area (Å²) in [4.78, 5) is 9.54. The van der Waals surface area contributed by atoms with E-state index in [1.54, 1.807) is 11.6 Å². The Kier molecular flexibility index (Phi) is 5.78. The van der Waals surface area contributed by atoms with Gasteiger partial charge in [-0.15, -0.1) is 16.4 Å². The SMILES string of the molecule is [2H]C(Nc1cc(Cl)c2ncc(C#N)c(NCC(C)(C)C)c2c1)(c1cn(C2CC2)nn1)c1scnc1C. The summed E-state index contributed by atoms with van der Waals surface area (Å²) >= 11 is 8.08. The fourth-order valence-corrected chi connectivity index (χ4v) is 4.87. The lowest BCUT2D eigenvalue weighted by atomic mass is 9.96. The minimum Gasteiger partial charge on any atom is -0.383 e. The highest BCUT2D eigenvalue weighted by Crippen LogP contribution is 2.38. The van der Waals surface area contributed by atoms with Gasteiger partial charge in [-0.05, 0) is 37.3 Å². The molecule has 1 fully saturated rings. The summed E-state index contributed by atoms with van der Waals surface area (Å²) in [7, 11) is 0. The molecule has 0 saturated heterocycles. The molecule has 1 atom stereocenters. The number of anilines is 2. The van der Waals surface area contributed by atoms with E-state index in [0.29, 0.717) is 51.1 Å². The molecule has 2 N–H and O–H groups in total. The second kappa shape index (κ2) is 9.10. The average molecular weight is 508 g/mol. The highest BCUT2D eigenvalue weighted by Gasteiger charge is 2.28. The normalized spacial score (nSPS) is 15.9. The third kappa shape index (κ3) is 4.95. The molecule has 5 rings (SSSR count). The van der Waals surface area contributed by atoms with E-state index in [2.05, 4.69) is 57.8 Å². The number of aryl methyl sites for hydroxylation is 1. The van der Waals surface area contributed by atoms with Crippen molar-refractivity contribution in [1.82, 2.24) is 25.0 Å². The number of benzene rings is 1. The molecule has 0 amide bonds. The lowest BCUT2D eigenvalue weighted by molar-refractivity contribution is 0.443. The lowest BCUT2D eigenvalue weighted by Crippen LogP contribution is -2.20. The Morgan fingerprint density at radius 3 is 2.80 bits per heavy atom. The molecule has 3 aromatic heterocycles. The summed E-state index contributed by atoms with van der Waals surface area (Å²) in [5.41, 5.74) is 5.24. The van der Waals surface area contributed by atoms with Crippen LogP contribution in [0.15, 0.2) is 30.0 Å². The van der Waals surface area contributed by atoms with E-state index in [1.807, 2.05) is 23.9 Å². The molecule has 0 radical (unpaired) electrons. The number of fused-ring (bicyclic) bond motifs is 1. The number of aromatic nitrogens is 5. The fraction of sp³-hybridized carbons (Fsp3) is 0.400. The van der Waals surface area contributed by atoms with E-state index in [0.717, 1.165) is 23.4 Å². The third-order valence-corrected chi connectivity index (χ3v) is 7.00. The number of nitriles is 1. The van der Waals surface area contributed by atoms with Crippen molar-refractivity contribution in [3.63, 3.8) is 0 Å². The monoisotopic (exact) mass is 507 g/mol. The van der Waals surface area contributed by atoms with E-state index in [4.69, 9.17) is 11.6 Å². The van der Waals surface area contributed by atoms with Crippen LogP contribution in [-0.2, 0) is 0 Å². The first-order valence-corrected chi connectivity index (χ1v) is 12.7. The van der Waals surface area contributed by atoms with E-state index < -0.39 is 6.02 Å². The van der Waals surface area contributed by atoms with Gasteiger partial charge in [0.05, 0.1) is 51.5 Å². The zero-order chi connectivity index (χ0) is 25.7. The van der Waals surface area contributed by atoms with Crippen LogP contribution in [0.5, 0.6) is 0 Å². The Bertz CT molecular complexity index is 1480. The third-order valence-electron chi connectivity index (χ3n) is 5.77. The van der Waals surface area contributed by atoms with Gasteiger partial charge in [0.25, 0.3) is 0 Å². The van der Waals surface area contributed by atoms with Gasteiger partial charge in [0.15, 0.2) is 0 Å². The van der Waals surface area contributed by atoms with Gasteiger partial charge in [-0.3, -0.25) is 4.98 Å². The quantitative estimate of drug-likeness (QED) is 0.311. The van der Waals surface area contributed by atoms with E-state index >= 15 is 0 Å². The van der Waals surface area contributed by atoms with Crippen molar-refractivity contribution in [3.8, 4) is 6.07 Å². The van der Waals surface area contributed by atoms with Crippen molar-refractivity contribution in [2.45, 2.75) is 52.6 Å². The van der Waals surface area contributed by atoms with Crippen LogP contribution in [0.4, 0.5) is 11.4 Å². The first-order chi connectivity index (χ1) is 17.1. The summed E-state index contributed by atoms with van der Waals surface area (Å²) in [5.74, 6) is 0. The van der Waals surface area contributed by atoms with Crippen LogP contribution < -0.4 is 10.6 Å². The van der Waals surface area contributed by atoms with Crippen LogP contribution in [0.1, 0.15) is 68.9 Å². The van der Waals surface area contributed by atoms with Crippen molar-refractivity contribution in [1.29, 1.82) is 5.26 Å². The van der Waals surface area contributed by atoms with Gasteiger partial charge in [0.1, 0.15) is 17.8 Å². The maximum atomic E-state index is 9.76. The molecule has 180 valence electrons. The zero-order valence-corrected chi connectivity index (χ0v) is 21.6. The Morgan fingerprint density at radius 1 is 1.34 bits per heavy atom. The molecule has 1 aliphatic rings. The number of thiazole rings is 1. The summed E-state index contributed by atoms with van der Waals surface area (Å²) in [6.07, 6.45) is 5.52. The van der Waals surface area contributed by atoms with Crippen LogP contribution in [-0.4, -0.2) is 31.5 Å². The van der Waals surface area contributed by atoms with E-state index in [9.17, 15) is 6.63 Å². The maximum absolute atomic E-state index is 9.76. The molecule has 10 heteroatoms. The van der Waals surface area contributed by atoms with Crippen molar-refractivity contribution in [2.75, 3.05) is 17.2 Å². The first kappa shape index (κ1) is 22.3. The second-order valence-electron chi connectivity index (χ2n) is 10.0. The van der Waals surface area contributed by atoms with Gasteiger partial charge in [0, 0.05) is 23.8 Å². The number of hydrogen-bond donors (Lipinski definition) is 2. The maximum Gasteiger partial charge on any atom is 0.110 e. The Balaban J connectivity index is 1.62. The van der Waals surface area contributed by atoms with Crippen molar-refractivity contribution < 1.29 is 1.37 Å². The van der Waals surface area contributed by atoms with Gasteiger partial charge in [-0.1, -0.05) is 37.6 Å². The predicted molar refractivity (Wildman–Crippen MR) is 140 cm³/mol. The predicted octanol–water partition coefficient (Wildman–Crippen LogP) is 6.11. The molecule has 1 saturated carbocycles. The number of halogens is 1. The number of nitrogens with zero attached hydrogens (tertiary/aromatic N) is 6. The molecule has 0 bridgehead atoms. The molecule has 0 spiro atoms. The lowest BCUT2D eigenvalue weighted by Gasteiger charge is -2.22. The molecule has 8 nitrogen and oxygen atoms in total. The average Bonchev–Trinajstić information content (AvgIpc) is 3.37. The van der Waals surface area contributed by atoms with Gasteiger partial charge in [-0.2, -0.15) is 5.26 Å². The number of pyridine rings is 1. The second-order valence-corrected chi connectivity index (χ2v) is 11.3. The Hall–Kier alpha value is -3.22. The molecular formula is C25H27ClN8S. The number of nitrogens with one attached hydrogen (secondary N) is 2. The fourth-order valence-electron chi connectivity index (χ4n) is 3.79. The van der Waals surface area contributed by atoms with Gasteiger partial charge in [0.2, 0.25) is 0 Å². The van der Waals surface area contributed by atoms with Crippen molar-refractivity contribution in [3.05, 3.63) is 56.9 Å². The molecule has 4 aromatic rings. The van der Waals surface area contributed by atoms with Gasteiger partial charge >= 0.3 is 0 Å². The van der Waals surface area contributed by atoms with Gasteiger partial charge < -0.3 is 10.6 Å². The smallest absolute Gasteiger partial charge is 0.110 e. The van der Waals surface area contributed by atoms with Crippen LogP contribution in [0.25, 0.3) is 10.9 Å². The minimum absolute atomic E-state index is 0.00458. The van der Waals surface area contributed by atoms with Crippen molar-refractivity contribution >= 4 is 45.2 Å². The highest BCUT2D eigenvalue weighted by molar-refractivity contribution is 7.09. The molecule has 3 heterocycles. The van der Waals surface area contributed by atoms with Gasteiger partial charge in [-0.25, -0.2) is 9.67 Å². The Labute approximate surface area is 214 Å². The van der Waals surface area contributed by atoms with Crippen LogP contribution in [0.2, 0.25) is 5.02 Å². The zero-order valence-electron chi connectivity index (χ0n) is 21.1. The first-order valence-electron chi connectivity index (χ1n) is 12.0. The standard InChI is InChI=1S/C25H27ClN8S/c1-14-24(35-13-30-14)23(20-11-34(33-32-20)17-5-6-17)31-16-7-18-21(29-12-25(2,3)4)15(9-27)10-28-22(18)19(26)8-16/h7-8,10-11,13,17,23,31H,5-6,12H2,1-4H3,(H,28,29)/i23D. The largest absolute Gasteiger partial charge is 0.383 e. The van der Waals surface area contributed by atoms with Crippen molar-refractivity contribution in [2.24, 2.45) is 5.41 Å². The van der Waals surface area contributed by atoms with E-state index in [-0.39, 0.29) is 5.41 Å². The topological polar surface area (TPSA) is 104 Å². The highest BCUT2D eigenvalue weighted by atomic mass is 35.5. The van der Waals surface area contributed by atoms with E-state index in [1.165, 1.54) is 17.5 Å². The summed E-state index contributed by atoms with van der Waals surface area (Å²) in [6, 6.07) is 4.78. The van der Waals surface area contributed by atoms with Crippen LogP contribution in [0.3, 0.4) is 0 Å². The number of rotatable bonds is 7.